The van der Waals surface area contributed by atoms with Gasteiger partial charge in [-0.2, -0.15) is 0 Å². The molecule has 0 fully saturated rings. The van der Waals surface area contributed by atoms with Crippen molar-refractivity contribution in [3.8, 4) is 5.75 Å². The van der Waals surface area contributed by atoms with E-state index in [1.807, 2.05) is 56.3 Å². The van der Waals surface area contributed by atoms with Crippen LogP contribution in [-0.4, -0.2) is 18.6 Å². The Hall–Kier alpha value is -2.33. The number of rotatable bonds is 9. The molecule has 0 aliphatic carbocycles. The highest BCUT2D eigenvalue weighted by molar-refractivity contribution is 5.78. The Balaban J connectivity index is 1.76. The average molecular weight is 340 g/mol. The van der Waals surface area contributed by atoms with E-state index in [1.54, 1.807) is 0 Å². The van der Waals surface area contributed by atoms with E-state index < -0.39 is 0 Å². The Labute approximate surface area is 150 Å². The fourth-order valence-corrected chi connectivity index (χ4v) is 2.62. The first-order chi connectivity index (χ1) is 12.1. The van der Waals surface area contributed by atoms with E-state index in [9.17, 15) is 4.79 Å². The summed E-state index contributed by atoms with van der Waals surface area (Å²) >= 11 is 0. The highest BCUT2D eigenvalue weighted by Crippen LogP contribution is 2.15. The molecule has 2 rings (SSSR count). The van der Waals surface area contributed by atoms with Crippen LogP contribution in [0, 0.1) is 0 Å². The van der Waals surface area contributed by atoms with Gasteiger partial charge in [-0.1, -0.05) is 49.4 Å². The highest BCUT2D eigenvalue weighted by Gasteiger charge is 2.10. The van der Waals surface area contributed by atoms with Crippen LogP contribution in [0.25, 0.3) is 0 Å². The number of ether oxygens (including phenoxy) is 1. The summed E-state index contributed by atoms with van der Waals surface area (Å²) < 4.78 is 5.62. The zero-order valence-corrected chi connectivity index (χ0v) is 15.3. The van der Waals surface area contributed by atoms with Crippen LogP contribution >= 0.6 is 0 Å². The van der Waals surface area contributed by atoms with Crippen LogP contribution in [0.2, 0.25) is 0 Å². The van der Waals surface area contributed by atoms with E-state index in [0.717, 1.165) is 17.7 Å². The lowest BCUT2D eigenvalue weighted by molar-refractivity contribution is -0.120. The number of nitrogens with one attached hydrogen (secondary N) is 2. The molecule has 1 unspecified atom stereocenters. The van der Waals surface area contributed by atoms with Gasteiger partial charge >= 0.3 is 0 Å². The van der Waals surface area contributed by atoms with Crippen LogP contribution in [0.3, 0.4) is 0 Å². The Morgan fingerprint density at radius 2 is 1.72 bits per heavy atom. The summed E-state index contributed by atoms with van der Waals surface area (Å²) in [5, 5.41) is 6.27. The molecule has 0 radical (unpaired) electrons. The average Bonchev–Trinajstić information content (AvgIpc) is 2.62. The monoisotopic (exact) mass is 340 g/mol. The van der Waals surface area contributed by atoms with Crippen molar-refractivity contribution in [2.75, 3.05) is 6.54 Å². The van der Waals surface area contributed by atoms with Crippen LogP contribution in [0.4, 0.5) is 0 Å². The maximum absolute atomic E-state index is 12.1. The third-order valence-corrected chi connectivity index (χ3v) is 3.90. The molecule has 4 heteroatoms. The molecule has 1 atom stereocenters. The van der Waals surface area contributed by atoms with Gasteiger partial charge < -0.3 is 15.4 Å². The van der Waals surface area contributed by atoms with Crippen molar-refractivity contribution in [3.05, 3.63) is 65.7 Å². The van der Waals surface area contributed by atoms with E-state index in [1.165, 1.54) is 5.56 Å². The fraction of sp³-hybridized carbons (Fsp3) is 0.381. The summed E-state index contributed by atoms with van der Waals surface area (Å²) in [5.74, 6) is 0.845. The van der Waals surface area contributed by atoms with Gasteiger partial charge in [0.05, 0.1) is 12.6 Å². The van der Waals surface area contributed by atoms with Crippen LogP contribution in [0.5, 0.6) is 5.75 Å². The molecule has 2 aromatic carbocycles. The van der Waals surface area contributed by atoms with Gasteiger partial charge in [-0.25, -0.2) is 0 Å². The van der Waals surface area contributed by atoms with Crippen molar-refractivity contribution in [2.45, 2.75) is 45.9 Å². The molecular formula is C21H28N2O2. The number of hydrogen-bond donors (Lipinski definition) is 2. The van der Waals surface area contributed by atoms with Gasteiger partial charge in [0.25, 0.3) is 0 Å². The Bertz CT molecular complexity index is 639. The van der Waals surface area contributed by atoms with Gasteiger partial charge in [-0.05, 0) is 43.5 Å². The van der Waals surface area contributed by atoms with E-state index in [2.05, 4.69) is 29.7 Å². The second-order valence-electron chi connectivity index (χ2n) is 6.34. The molecule has 0 aliphatic heterocycles. The summed E-state index contributed by atoms with van der Waals surface area (Å²) in [5.41, 5.74) is 2.26. The molecule has 4 nitrogen and oxygen atoms in total. The van der Waals surface area contributed by atoms with Gasteiger partial charge in [-0.3, -0.25) is 4.79 Å². The van der Waals surface area contributed by atoms with Crippen molar-refractivity contribution in [1.29, 1.82) is 0 Å². The molecule has 0 bridgehead atoms. The predicted molar refractivity (Wildman–Crippen MR) is 102 cm³/mol. The van der Waals surface area contributed by atoms with Crippen LogP contribution in [0.1, 0.15) is 44.4 Å². The highest BCUT2D eigenvalue weighted by atomic mass is 16.5. The molecule has 0 aliphatic rings. The molecule has 2 aromatic rings. The van der Waals surface area contributed by atoms with Crippen LogP contribution < -0.4 is 15.4 Å². The fourth-order valence-electron chi connectivity index (χ4n) is 2.62. The summed E-state index contributed by atoms with van der Waals surface area (Å²) in [4.78, 5) is 12.1. The summed E-state index contributed by atoms with van der Waals surface area (Å²) in [6, 6.07) is 18.2. The van der Waals surface area contributed by atoms with Crippen molar-refractivity contribution in [3.63, 3.8) is 0 Å². The first-order valence-corrected chi connectivity index (χ1v) is 8.89. The Morgan fingerprint density at radius 3 is 2.32 bits per heavy atom. The largest absolute Gasteiger partial charge is 0.491 e. The lowest BCUT2D eigenvalue weighted by Crippen LogP contribution is -2.35. The minimum atomic E-state index is -0.00288. The number of carbonyl (C=O) groups excluding carboxylic acids is 1. The second-order valence-corrected chi connectivity index (χ2v) is 6.34. The third-order valence-electron chi connectivity index (χ3n) is 3.90. The lowest BCUT2D eigenvalue weighted by atomic mass is 10.0. The summed E-state index contributed by atoms with van der Waals surface area (Å²) in [6.07, 6.45) is 1.10. The van der Waals surface area contributed by atoms with Crippen LogP contribution in [0.15, 0.2) is 54.6 Å². The SMILES string of the molecule is CCC(NCC(=O)NCc1ccc(OC(C)C)cc1)c1ccccc1. The molecule has 25 heavy (non-hydrogen) atoms. The van der Waals surface area contributed by atoms with Crippen molar-refractivity contribution < 1.29 is 9.53 Å². The van der Waals surface area contributed by atoms with Gasteiger partial charge in [0.15, 0.2) is 0 Å². The van der Waals surface area contributed by atoms with Gasteiger partial charge in [0, 0.05) is 12.6 Å². The normalized spacial score (nSPS) is 12.0. The molecule has 2 N–H and O–H groups in total. The maximum atomic E-state index is 12.1. The first kappa shape index (κ1) is 19.0. The molecule has 0 spiro atoms. The molecule has 0 aromatic heterocycles. The Kier molecular flexibility index (Phi) is 7.48. The van der Waals surface area contributed by atoms with E-state index >= 15 is 0 Å². The maximum Gasteiger partial charge on any atom is 0.234 e. The third kappa shape index (κ3) is 6.59. The quantitative estimate of drug-likeness (QED) is 0.729. The van der Waals surface area contributed by atoms with Gasteiger partial charge in [-0.15, -0.1) is 0 Å². The first-order valence-electron chi connectivity index (χ1n) is 8.89. The minimum Gasteiger partial charge on any atom is -0.491 e. The summed E-state index contributed by atoms with van der Waals surface area (Å²) in [7, 11) is 0. The number of carbonyl (C=O) groups is 1. The topological polar surface area (TPSA) is 50.4 Å². The zero-order chi connectivity index (χ0) is 18.1. The van der Waals surface area contributed by atoms with Gasteiger partial charge in [0.2, 0.25) is 5.91 Å². The van der Waals surface area contributed by atoms with E-state index in [-0.39, 0.29) is 18.1 Å². The molecule has 0 heterocycles. The lowest BCUT2D eigenvalue weighted by Gasteiger charge is -2.17. The van der Waals surface area contributed by atoms with Crippen molar-refractivity contribution in [1.82, 2.24) is 10.6 Å². The van der Waals surface area contributed by atoms with E-state index in [4.69, 9.17) is 4.74 Å². The predicted octanol–water partition coefficient (Wildman–Crippen LogP) is 3.83. The molecule has 134 valence electrons. The standard InChI is InChI=1S/C21H28N2O2/c1-4-20(18-8-6-5-7-9-18)22-15-21(24)23-14-17-10-12-19(13-11-17)25-16(2)3/h5-13,16,20,22H,4,14-15H2,1-3H3,(H,23,24). The van der Waals surface area contributed by atoms with Crippen molar-refractivity contribution in [2.24, 2.45) is 0 Å². The zero-order valence-electron chi connectivity index (χ0n) is 15.3. The number of benzene rings is 2. The Morgan fingerprint density at radius 1 is 1.04 bits per heavy atom. The minimum absolute atomic E-state index is 0.00288. The summed E-state index contributed by atoms with van der Waals surface area (Å²) in [6.45, 7) is 6.94. The van der Waals surface area contributed by atoms with Crippen molar-refractivity contribution >= 4 is 5.91 Å². The molecule has 0 saturated heterocycles. The smallest absolute Gasteiger partial charge is 0.234 e. The van der Waals surface area contributed by atoms with Crippen LogP contribution in [-0.2, 0) is 11.3 Å². The molecule has 1 amide bonds. The number of hydrogen-bond acceptors (Lipinski definition) is 3. The van der Waals surface area contributed by atoms with Gasteiger partial charge in [0.1, 0.15) is 5.75 Å². The second kappa shape index (κ2) is 9.84. The van der Waals surface area contributed by atoms with E-state index in [0.29, 0.717) is 13.1 Å². The number of amides is 1. The molecule has 0 saturated carbocycles. The molecular weight excluding hydrogens is 312 g/mol.